The zero-order valence-corrected chi connectivity index (χ0v) is 17.3. The van der Waals surface area contributed by atoms with Gasteiger partial charge in [0.1, 0.15) is 17.2 Å². The third-order valence-corrected chi connectivity index (χ3v) is 4.77. The normalized spacial score (nSPS) is 10.6. The summed E-state index contributed by atoms with van der Waals surface area (Å²) in [5, 5.41) is 20.8. The molecule has 0 fully saturated rings. The Morgan fingerprint density at radius 2 is 1.44 bits per heavy atom. The van der Waals surface area contributed by atoms with Crippen LogP contribution in [0.1, 0.15) is 10.4 Å². The number of carbonyl (C=O) groups is 1. The lowest BCUT2D eigenvalue weighted by atomic mass is 10.1. The van der Waals surface area contributed by atoms with Gasteiger partial charge in [0, 0.05) is 11.6 Å². The number of ether oxygens (including phenoxy) is 2. The lowest BCUT2D eigenvalue weighted by Crippen LogP contribution is -2.03. The number of benzene rings is 3. The zero-order valence-electron chi connectivity index (χ0n) is 17.3. The molecule has 160 valence electrons. The van der Waals surface area contributed by atoms with E-state index in [1.54, 1.807) is 54.6 Å². The highest BCUT2D eigenvalue weighted by Gasteiger charge is 2.17. The SMILES string of the molecule is COC(=O)c1cccc(-c2nc(-c3ccccc3O)nc(-c3ccc(OC)cc3O)n2)c1. The Kier molecular flexibility index (Phi) is 5.67. The van der Waals surface area contributed by atoms with Gasteiger partial charge in [0.05, 0.1) is 30.9 Å². The molecule has 4 aromatic rings. The summed E-state index contributed by atoms with van der Waals surface area (Å²) >= 11 is 0. The molecule has 0 aliphatic carbocycles. The first-order chi connectivity index (χ1) is 15.5. The van der Waals surface area contributed by atoms with Crippen molar-refractivity contribution >= 4 is 5.97 Å². The number of phenols is 2. The van der Waals surface area contributed by atoms with Crippen molar-refractivity contribution in [1.29, 1.82) is 0 Å². The molecule has 32 heavy (non-hydrogen) atoms. The lowest BCUT2D eigenvalue weighted by molar-refractivity contribution is 0.0601. The van der Waals surface area contributed by atoms with E-state index in [0.717, 1.165) is 0 Å². The quantitative estimate of drug-likeness (QED) is 0.456. The van der Waals surface area contributed by atoms with Gasteiger partial charge in [-0.1, -0.05) is 24.3 Å². The minimum Gasteiger partial charge on any atom is -0.507 e. The van der Waals surface area contributed by atoms with Crippen molar-refractivity contribution in [2.45, 2.75) is 0 Å². The Balaban J connectivity index is 1.93. The summed E-state index contributed by atoms with van der Waals surface area (Å²) in [6, 6.07) is 18.1. The summed E-state index contributed by atoms with van der Waals surface area (Å²) in [5.74, 6) is 0.570. The summed E-state index contributed by atoms with van der Waals surface area (Å²) in [5.41, 5.74) is 1.63. The van der Waals surface area contributed by atoms with Gasteiger partial charge in [0.15, 0.2) is 17.5 Å². The molecule has 0 saturated heterocycles. The van der Waals surface area contributed by atoms with E-state index in [4.69, 9.17) is 9.47 Å². The first-order valence-corrected chi connectivity index (χ1v) is 9.60. The molecule has 4 rings (SSSR count). The number of hydrogen-bond donors (Lipinski definition) is 2. The fraction of sp³-hybridized carbons (Fsp3) is 0.0833. The third kappa shape index (κ3) is 4.06. The van der Waals surface area contributed by atoms with Crippen LogP contribution >= 0.6 is 0 Å². The van der Waals surface area contributed by atoms with Gasteiger partial charge in [-0.15, -0.1) is 0 Å². The van der Waals surface area contributed by atoms with E-state index in [1.807, 2.05) is 0 Å². The van der Waals surface area contributed by atoms with Crippen molar-refractivity contribution in [3.63, 3.8) is 0 Å². The molecule has 0 spiro atoms. The van der Waals surface area contributed by atoms with Gasteiger partial charge in [-0.2, -0.15) is 0 Å². The van der Waals surface area contributed by atoms with Gasteiger partial charge in [0.25, 0.3) is 0 Å². The molecule has 1 aromatic heterocycles. The number of hydrogen-bond acceptors (Lipinski definition) is 8. The number of aromatic nitrogens is 3. The highest BCUT2D eigenvalue weighted by molar-refractivity contribution is 5.90. The van der Waals surface area contributed by atoms with E-state index in [2.05, 4.69) is 15.0 Å². The smallest absolute Gasteiger partial charge is 0.337 e. The van der Waals surface area contributed by atoms with Crippen molar-refractivity contribution < 1.29 is 24.5 Å². The molecule has 0 aliphatic rings. The number of aromatic hydroxyl groups is 2. The Morgan fingerprint density at radius 3 is 2.09 bits per heavy atom. The molecule has 0 saturated carbocycles. The number of esters is 1. The maximum Gasteiger partial charge on any atom is 0.337 e. The first-order valence-electron chi connectivity index (χ1n) is 9.60. The van der Waals surface area contributed by atoms with Crippen molar-refractivity contribution in [3.8, 4) is 51.4 Å². The lowest BCUT2D eigenvalue weighted by Gasteiger charge is -2.11. The summed E-state index contributed by atoms with van der Waals surface area (Å²) < 4.78 is 9.94. The maximum atomic E-state index is 12.0. The number of carbonyl (C=O) groups excluding carboxylic acids is 1. The molecule has 0 aliphatic heterocycles. The van der Waals surface area contributed by atoms with Crippen LogP contribution < -0.4 is 4.74 Å². The molecule has 2 N–H and O–H groups in total. The largest absolute Gasteiger partial charge is 0.507 e. The van der Waals surface area contributed by atoms with Crippen LogP contribution in [0.3, 0.4) is 0 Å². The van der Waals surface area contributed by atoms with Crippen LogP contribution in [-0.4, -0.2) is 45.4 Å². The molecule has 0 atom stereocenters. The minimum atomic E-state index is -0.491. The maximum absolute atomic E-state index is 12.0. The molecule has 8 nitrogen and oxygen atoms in total. The second kappa shape index (κ2) is 8.73. The van der Waals surface area contributed by atoms with E-state index in [1.165, 1.54) is 26.4 Å². The van der Waals surface area contributed by atoms with Crippen molar-refractivity contribution in [2.75, 3.05) is 14.2 Å². The van der Waals surface area contributed by atoms with Crippen LogP contribution in [0.2, 0.25) is 0 Å². The summed E-state index contributed by atoms with van der Waals surface area (Å²) in [7, 11) is 2.80. The second-order valence-corrected chi connectivity index (χ2v) is 6.78. The van der Waals surface area contributed by atoms with Gasteiger partial charge < -0.3 is 19.7 Å². The summed E-state index contributed by atoms with van der Waals surface area (Å²) in [4.78, 5) is 25.5. The molecule has 0 amide bonds. The fourth-order valence-electron chi connectivity index (χ4n) is 3.14. The van der Waals surface area contributed by atoms with Crippen LogP contribution in [0.4, 0.5) is 0 Å². The zero-order chi connectivity index (χ0) is 22.7. The molecule has 3 aromatic carbocycles. The Morgan fingerprint density at radius 1 is 0.750 bits per heavy atom. The van der Waals surface area contributed by atoms with E-state index in [9.17, 15) is 15.0 Å². The van der Waals surface area contributed by atoms with E-state index in [0.29, 0.717) is 28.0 Å². The topological polar surface area (TPSA) is 115 Å². The van der Waals surface area contributed by atoms with E-state index >= 15 is 0 Å². The van der Waals surface area contributed by atoms with Crippen LogP contribution in [0.5, 0.6) is 17.2 Å². The van der Waals surface area contributed by atoms with Crippen LogP contribution in [0, 0.1) is 0 Å². The van der Waals surface area contributed by atoms with Crippen molar-refractivity contribution in [2.24, 2.45) is 0 Å². The van der Waals surface area contributed by atoms with Gasteiger partial charge in [0.2, 0.25) is 0 Å². The Bertz CT molecular complexity index is 1310. The van der Waals surface area contributed by atoms with E-state index in [-0.39, 0.29) is 29.0 Å². The fourth-order valence-corrected chi connectivity index (χ4v) is 3.14. The molecule has 1 heterocycles. The number of rotatable bonds is 5. The monoisotopic (exact) mass is 429 g/mol. The van der Waals surface area contributed by atoms with Gasteiger partial charge >= 0.3 is 5.97 Å². The van der Waals surface area contributed by atoms with Gasteiger partial charge in [-0.05, 0) is 36.4 Å². The molecular formula is C24H19N3O5. The minimum absolute atomic E-state index is 0.00198. The average molecular weight is 429 g/mol. The first kappa shape index (κ1) is 20.8. The van der Waals surface area contributed by atoms with E-state index < -0.39 is 5.97 Å². The second-order valence-electron chi connectivity index (χ2n) is 6.78. The third-order valence-electron chi connectivity index (χ3n) is 4.77. The van der Waals surface area contributed by atoms with Gasteiger partial charge in [-0.3, -0.25) is 0 Å². The molecule has 0 radical (unpaired) electrons. The van der Waals surface area contributed by atoms with Crippen molar-refractivity contribution in [3.05, 3.63) is 72.3 Å². The average Bonchev–Trinajstić information content (AvgIpc) is 2.83. The number of nitrogens with zero attached hydrogens (tertiary/aromatic N) is 3. The predicted molar refractivity (Wildman–Crippen MR) is 117 cm³/mol. The van der Waals surface area contributed by atoms with Crippen molar-refractivity contribution in [1.82, 2.24) is 15.0 Å². The highest BCUT2D eigenvalue weighted by Crippen LogP contribution is 2.34. The van der Waals surface area contributed by atoms with Crippen LogP contribution in [0.25, 0.3) is 34.2 Å². The number of methoxy groups -OCH3 is 2. The number of para-hydroxylation sites is 1. The molecule has 0 unspecified atom stereocenters. The highest BCUT2D eigenvalue weighted by atomic mass is 16.5. The molecule has 0 bridgehead atoms. The number of phenolic OH excluding ortho intramolecular Hbond substituents is 2. The standard InChI is InChI=1S/C24H19N3O5/c1-31-16-10-11-18(20(29)13-16)23-26-21(14-6-5-7-15(12-14)24(30)32-2)25-22(27-23)17-8-3-4-9-19(17)28/h3-13,28-29H,1-2H3. The summed E-state index contributed by atoms with van der Waals surface area (Å²) in [6.07, 6.45) is 0. The predicted octanol–water partition coefficient (Wildman–Crippen LogP) is 4.08. The van der Waals surface area contributed by atoms with Gasteiger partial charge in [-0.25, -0.2) is 19.7 Å². The molecular weight excluding hydrogens is 410 g/mol. The Hall–Kier alpha value is -4.46. The van der Waals surface area contributed by atoms with Crippen LogP contribution in [0.15, 0.2) is 66.7 Å². The Labute approximate surface area is 183 Å². The summed E-state index contributed by atoms with van der Waals surface area (Å²) in [6.45, 7) is 0. The van der Waals surface area contributed by atoms with Crippen LogP contribution in [-0.2, 0) is 4.74 Å². The molecule has 8 heteroatoms.